The second-order valence-electron chi connectivity index (χ2n) is 5.03. The molecule has 4 nitrogen and oxygen atoms in total. The zero-order valence-electron chi connectivity index (χ0n) is 12.3. The van der Waals surface area contributed by atoms with Crippen LogP contribution >= 0.6 is 39.1 Å². The van der Waals surface area contributed by atoms with E-state index in [1.165, 1.54) is 0 Å². The predicted octanol–water partition coefficient (Wildman–Crippen LogP) is 5.51. The number of hydrogen-bond acceptors (Lipinski definition) is 4. The maximum absolute atomic E-state index is 6.13. The van der Waals surface area contributed by atoms with Crippen molar-refractivity contribution in [3.05, 3.63) is 74.4 Å². The smallest absolute Gasteiger partial charge is 0.322 e. The minimum atomic E-state index is 0.165. The van der Waals surface area contributed by atoms with E-state index in [0.717, 1.165) is 15.7 Å². The van der Waals surface area contributed by atoms with Gasteiger partial charge in [0.2, 0.25) is 0 Å². The molecule has 0 aliphatic carbocycles. The topological polar surface area (TPSA) is 61.0 Å². The van der Waals surface area contributed by atoms with Crippen LogP contribution in [-0.4, -0.2) is 9.97 Å². The zero-order valence-corrected chi connectivity index (χ0v) is 15.4. The third-order valence-electron chi connectivity index (χ3n) is 3.22. The summed E-state index contributed by atoms with van der Waals surface area (Å²) in [7, 11) is 0. The van der Waals surface area contributed by atoms with Gasteiger partial charge in [-0.25, -0.2) is 4.98 Å². The van der Waals surface area contributed by atoms with Crippen molar-refractivity contribution in [2.24, 2.45) is 0 Å². The Morgan fingerprint density at radius 1 is 1.08 bits per heavy atom. The molecule has 0 unspecified atom stereocenters. The summed E-state index contributed by atoms with van der Waals surface area (Å²) < 4.78 is 6.47. The maximum Gasteiger partial charge on any atom is 0.322 e. The van der Waals surface area contributed by atoms with E-state index in [9.17, 15) is 0 Å². The van der Waals surface area contributed by atoms with Crippen molar-refractivity contribution in [2.45, 2.75) is 6.42 Å². The van der Waals surface area contributed by atoms with Gasteiger partial charge in [-0.05, 0) is 33.6 Å². The Balaban J connectivity index is 1.89. The summed E-state index contributed by atoms with van der Waals surface area (Å²) in [5.74, 6) is 0.278. The van der Waals surface area contributed by atoms with Crippen LogP contribution in [0.4, 0.5) is 5.69 Å². The molecule has 2 aromatic carbocycles. The van der Waals surface area contributed by atoms with Crippen LogP contribution in [-0.2, 0) is 6.42 Å². The number of anilines is 1. The van der Waals surface area contributed by atoms with Gasteiger partial charge in [-0.1, -0.05) is 53.5 Å². The van der Waals surface area contributed by atoms with Crippen LogP contribution in [0.1, 0.15) is 11.3 Å². The third-order valence-corrected chi connectivity index (χ3v) is 4.45. The Kier molecular flexibility index (Phi) is 5.23. The molecule has 0 spiro atoms. The first-order valence-electron chi connectivity index (χ1n) is 7.00. The largest absolute Gasteiger partial charge is 0.421 e. The number of nitrogen functional groups attached to an aromatic ring is 1. The minimum absolute atomic E-state index is 0.165. The normalized spacial score (nSPS) is 10.6. The molecule has 0 atom stereocenters. The summed E-state index contributed by atoms with van der Waals surface area (Å²) in [4.78, 5) is 8.59. The average molecular weight is 425 g/mol. The molecule has 122 valence electrons. The second-order valence-corrected chi connectivity index (χ2v) is 6.69. The van der Waals surface area contributed by atoms with Crippen LogP contribution < -0.4 is 10.5 Å². The Bertz CT molecular complexity index is 852. The molecule has 0 saturated heterocycles. The molecular formula is C17H12BrCl2N3O. The maximum atomic E-state index is 6.13. The van der Waals surface area contributed by atoms with E-state index in [2.05, 4.69) is 25.9 Å². The fourth-order valence-corrected chi connectivity index (χ4v) is 3.03. The van der Waals surface area contributed by atoms with Gasteiger partial charge < -0.3 is 10.5 Å². The zero-order chi connectivity index (χ0) is 17.1. The Morgan fingerprint density at radius 2 is 1.75 bits per heavy atom. The molecule has 24 heavy (non-hydrogen) atoms. The van der Waals surface area contributed by atoms with Gasteiger partial charge >= 0.3 is 6.01 Å². The van der Waals surface area contributed by atoms with Crippen LogP contribution in [0.15, 0.2) is 53.1 Å². The van der Waals surface area contributed by atoms with Crippen molar-refractivity contribution in [1.29, 1.82) is 0 Å². The third kappa shape index (κ3) is 3.98. The van der Waals surface area contributed by atoms with Gasteiger partial charge in [0.1, 0.15) is 0 Å². The van der Waals surface area contributed by atoms with Crippen LogP contribution in [0.5, 0.6) is 11.8 Å². The SMILES string of the molecule is Nc1cc(Cl)c(Oc2ncc(Br)c(Cc3ccccc3)n2)c(Cl)c1. The van der Waals surface area contributed by atoms with Gasteiger partial charge in [0.15, 0.2) is 5.75 Å². The minimum Gasteiger partial charge on any atom is -0.421 e. The molecule has 3 aromatic rings. The van der Waals surface area contributed by atoms with Crippen molar-refractivity contribution >= 4 is 44.8 Å². The van der Waals surface area contributed by atoms with Crippen molar-refractivity contribution in [3.63, 3.8) is 0 Å². The van der Waals surface area contributed by atoms with Gasteiger partial charge in [0, 0.05) is 18.3 Å². The summed E-state index contributed by atoms with van der Waals surface area (Å²) in [6, 6.07) is 13.3. The first kappa shape index (κ1) is 17.0. The van der Waals surface area contributed by atoms with Crippen LogP contribution in [0.25, 0.3) is 0 Å². The lowest BCUT2D eigenvalue weighted by atomic mass is 10.1. The summed E-state index contributed by atoms with van der Waals surface area (Å²) in [5.41, 5.74) is 8.08. The number of nitrogens with two attached hydrogens (primary N) is 1. The predicted molar refractivity (Wildman–Crippen MR) is 99.9 cm³/mol. The number of nitrogens with zero attached hydrogens (tertiary/aromatic N) is 2. The van der Waals surface area contributed by atoms with Crippen molar-refractivity contribution in [2.75, 3.05) is 5.73 Å². The highest BCUT2D eigenvalue weighted by Gasteiger charge is 2.13. The van der Waals surface area contributed by atoms with Crippen LogP contribution in [0, 0.1) is 0 Å². The summed E-state index contributed by atoms with van der Waals surface area (Å²) in [6.45, 7) is 0. The molecule has 0 amide bonds. The number of aromatic nitrogens is 2. The Labute approximate surface area is 157 Å². The van der Waals surface area contributed by atoms with Gasteiger partial charge in [-0.2, -0.15) is 4.98 Å². The molecule has 0 bridgehead atoms. The van der Waals surface area contributed by atoms with Gasteiger partial charge in [0.05, 0.1) is 20.2 Å². The first-order chi connectivity index (χ1) is 11.5. The molecule has 0 radical (unpaired) electrons. The molecule has 0 fully saturated rings. The molecule has 0 saturated carbocycles. The highest BCUT2D eigenvalue weighted by atomic mass is 79.9. The highest BCUT2D eigenvalue weighted by Crippen LogP contribution is 2.37. The van der Waals surface area contributed by atoms with E-state index in [1.54, 1.807) is 18.3 Å². The lowest BCUT2D eigenvalue weighted by Gasteiger charge is -2.10. The number of halogens is 3. The highest BCUT2D eigenvalue weighted by molar-refractivity contribution is 9.10. The number of rotatable bonds is 4. The molecule has 3 rings (SSSR count). The van der Waals surface area contributed by atoms with E-state index in [0.29, 0.717) is 22.2 Å². The average Bonchev–Trinajstić information content (AvgIpc) is 2.55. The molecule has 2 N–H and O–H groups in total. The summed E-state index contributed by atoms with van der Waals surface area (Å²) >= 11 is 15.7. The Hall–Kier alpha value is -1.82. The summed E-state index contributed by atoms with van der Waals surface area (Å²) in [5, 5.41) is 0.604. The van der Waals surface area contributed by atoms with Crippen molar-refractivity contribution < 1.29 is 4.74 Å². The molecule has 7 heteroatoms. The van der Waals surface area contributed by atoms with Crippen molar-refractivity contribution in [3.8, 4) is 11.8 Å². The van der Waals surface area contributed by atoms with Crippen LogP contribution in [0.3, 0.4) is 0 Å². The van der Waals surface area contributed by atoms with Gasteiger partial charge in [-0.15, -0.1) is 0 Å². The van der Waals surface area contributed by atoms with Crippen LogP contribution in [0.2, 0.25) is 10.0 Å². The molecule has 0 aliphatic rings. The van der Waals surface area contributed by atoms with E-state index in [1.807, 2.05) is 30.3 Å². The van der Waals surface area contributed by atoms with Crippen molar-refractivity contribution in [1.82, 2.24) is 9.97 Å². The van der Waals surface area contributed by atoms with E-state index in [-0.39, 0.29) is 11.8 Å². The molecular weight excluding hydrogens is 413 g/mol. The van der Waals surface area contributed by atoms with E-state index in [4.69, 9.17) is 33.7 Å². The quantitative estimate of drug-likeness (QED) is 0.560. The number of ether oxygens (including phenoxy) is 1. The van der Waals surface area contributed by atoms with E-state index >= 15 is 0 Å². The Morgan fingerprint density at radius 3 is 2.42 bits per heavy atom. The van der Waals surface area contributed by atoms with E-state index < -0.39 is 0 Å². The molecule has 1 heterocycles. The number of benzene rings is 2. The monoisotopic (exact) mass is 423 g/mol. The fraction of sp³-hybridized carbons (Fsp3) is 0.0588. The first-order valence-corrected chi connectivity index (χ1v) is 8.55. The molecule has 1 aromatic heterocycles. The lowest BCUT2D eigenvalue weighted by molar-refractivity contribution is 0.440. The fourth-order valence-electron chi connectivity index (χ4n) is 2.11. The molecule has 0 aliphatic heterocycles. The van der Waals surface area contributed by atoms with Gasteiger partial charge in [-0.3, -0.25) is 0 Å². The number of hydrogen-bond donors (Lipinski definition) is 1. The van der Waals surface area contributed by atoms with Gasteiger partial charge in [0.25, 0.3) is 0 Å². The lowest BCUT2D eigenvalue weighted by Crippen LogP contribution is -2.00. The summed E-state index contributed by atoms with van der Waals surface area (Å²) in [6.07, 6.45) is 2.28. The second kappa shape index (κ2) is 7.38. The standard InChI is InChI=1S/C17H12BrCl2N3O/c18-12-9-22-17(23-15(12)6-10-4-2-1-3-5-10)24-16-13(19)7-11(21)8-14(16)20/h1-5,7-9H,6,21H2.